The Bertz CT molecular complexity index is 249. The zero-order chi connectivity index (χ0) is 30.4. The van der Waals surface area contributed by atoms with E-state index in [0.29, 0.717) is 0 Å². The van der Waals surface area contributed by atoms with Gasteiger partial charge in [0.1, 0.15) is 0 Å². The topological polar surface area (TPSA) is 0 Å². The summed E-state index contributed by atoms with van der Waals surface area (Å²) < 4.78 is 0. The molecule has 0 amide bonds. The van der Waals surface area contributed by atoms with Gasteiger partial charge in [-0.25, -0.2) is 0 Å². The maximum Gasteiger partial charge on any atom is -0.0533 e. The Kier molecular flexibility index (Phi) is 36.4. The lowest BCUT2D eigenvalue weighted by atomic mass is 10.0. The summed E-state index contributed by atoms with van der Waals surface area (Å²) in [6, 6.07) is 0. The third kappa shape index (κ3) is 40.0. The van der Waals surface area contributed by atoms with Gasteiger partial charge < -0.3 is 0 Å². The first-order valence-corrected chi connectivity index (χ1v) is 21.5. The van der Waals surface area contributed by atoms with Gasteiger partial charge in [-0.1, -0.05) is 276 Å². The van der Waals surface area contributed by atoms with Crippen molar-refractivity contribution in [2.75, 3.05) is 0 Å². The van der Waals surface area contributed by atoms with Crippen molar-refractivity contribution in [3.05, 3.63) is 0 Å². The minimum Gasteiger partial charge on any atom is -0.0533 e. The fourth-order valence-electron chi connectivity index (χ4n) is 2.50. The van der Waals surface area contributed by atoms with E-state index in [4.69, 9.17) is 0 Å². The van der Waals surface area contributed by atoms with Gasteiger partial charge in [0, 0.05) is 0 Å². The van der Waals surface area contributed by atoms with Crippen molar-refractivity contribution in [2.45, 2.75) is 276 Å². The van der Waals surface area contributed by atoms with E-state index in [1.54, 1.807) is 0 Å². The molecule has 0 aromatic rings. The summed E-state index contributed by atoms with van der Waals surface area (Å²) in [6.45, 7) is 0. The van der Waals surface area contributed by atoms with Crippen molar-refractivity contribution >= 4 is 0 Å². The third-order valence-electron chi connectivity index (χ3n) is 10.4. The maximum atomic E-state index is 1.50. The molecule has 0 aromatic heterocycles. The van der Waals surface area contributed by atoms with E-state index in [9.17, 15) is 0 Å². The normalized spacial score (nSPS) is 24.0. The zero-order valence-corrected chi connectivity index (χ0v) is 30.4. The Hall–Kier alpha value is 0. The van der Waals surface area contributed by atoms with Crippen molar-refractivity contribution < 1.29 is 0 Å². The molecule has 0 N–H and O–H groups in total. The molecule has 0 bridgehead atoms. The number of rotatable bonds is 0. The lowest BCUT2D eigenvalue weighted by Gasteiger charge is -2.05. The van der Waals surface area contributed by atoms with Gasteiger partial charge in [-0.15, -0.1) is 0 Å². The predicted octanol–water partition coefficient (Wildman–Crippen LogP) is 16.8. The molecule has 11 rings (SSSR count). The average molecular weight is 603 g/mol. The van der Waals surface area contributed by atoms with E-state index in [1.165, 1.54) is 276 Å². The molecule has 0 unspecified atom stereocenters. The lowest BCUT2D eigenvalue weighted by molar-refractivity contribution is 0.504. The molecule has 0 saturated heterocycles. The minimum absolute atomic E-state index is 1.50. The van der Waals surface area contributed by atoms with Crippen LogP contribution in [0.4, 0.5) is 0 Å². The van der Waals surface area contributed by atoms with Gasteiger partial charge in [-0.2, -0.15) is 0 Å². The van der Waals surface area contributed by atoms with Crippen LogP contribution in [-0.2, 0) is 0 Å². The fraction of sp³-hybridized carbons (Fsp3) is 1.00. The minimum atomic E-state index is 1.50. The molecule has 0 spiro atoms. The molecule has 43 heavy (non-hydrogen) atoms. The van der Waals surface area contributed by atoms with E-state index in [1.807, 2.05) is 0 Å². The Morgan fingerprint density at radius 2 is 0.0698 bits per heavy atom. The second-order valence-electron chi connectivity index (χ2n) is 15.2. The molecule has 0 heterocycles. The molecule has 11 fully saturated rings. The molecular formula is C43H86. The molecule has 0 aliphatic heterocycles. The van der Waals surface area contributed by atoms with Crippen molar-refractivity contribution in [1.82, 2.24) is 0 Å². The molecule has 0 heteroatoms. The summed E-state index contributed by atoms with van der Waals surface area (Å²) in [5, 5.41) is 0. The summed E-state index contributed by atoms with van der Waals surface area (Å²) in [7, 11) is 0. The Balaban J connectivity index is 0.000000237. The maximum absolute atomic E-state index is 1.50. The van der Waals surface area contributed by atoms with Crippen molar-refractivity contribution in [1.29, 1.82) is 0 Å². The lowest BCUT2D eigenvalue weighted by Crippen LogP contribution is -1.85. The highest BCUT2D eigenvalue weighted by atomic mass is 14.1. The summed E-state index contributed by atoms with van der Waals surface area (Å²) in [5.41, 5.74) is 0. The van der Waals surface area contributed by atoms with Crippen LogP contribution in [0.25, 0.3) is 0 Å². The molecule has 11 aliphatic rings. The van der Waals surface area contributed by atoms with Gasteiger partial charge in [-0.3, -0.25) is 0 Å². The Morgan fingerprint density at radius 1 is 0.0465 bits per heavy atom. The van der Waals surface area contributed by atoms with Crippen LogP contribution in [0.5, 0.6) is 0 Å². The van der Waals surface area contributed by atoms with Crippen molar-refractivity contribution in [2.24, 2.45) is 0 Å². The van der Waals surface area contributed by atoms with Gasteiger partial charge in [0.05, 0.1) is 0 Å². The molecule has 0 nitrogen and oxygen atoms in total. The quantitative estimate of drug-likeness (QED) is 0.259. The third-order valence-corrected chi connectivity index (χ3v) is 10.4. The SMILES string of the molecule is C1CC1.C1CCC1.C1CCC1.C1CCC1.C1CCC1.C1CCC1.C1CCC1.C1CCC1.C1CCC1.C1CCC1.C1CCC1. The van der Waals surface area contributed by atoms with Crippen LogP contribution >= 0.6 is 0 Å². The van der Waals surface area contributed by atoms with Crippen LogP contribution < -0.4 is 0 Å². The predicted molar refractivity (Wildman–Crippen MR) is 199 cm³/mol. The monoisotopic (exact) mass is 603 g/mol. The van der Waals surface area contributed by atoms with E-state index in [-0.39, 0.29) is 0 Å². The van der Waals surface area contributed by atoms with Crippen LogP contribution in [0.15, 0.2) is 0 Å². The molecule has 11 aliphatic carbocycles. The number of hydrogen-bond donors (Lipinski definition) is 0. The standard InChI is InChI=1S/10C4H8.C3H6/c10*1-2-4-3-1;1-2-3-1/h10*1-4H2;1-3H2. The number of hydrogen-bond acceptors (Lipinski definition) is 0. The molecule has 0 radical (unpaired) electrons. The van der Waals surface area contributed by atoms with E-state index in [0.717, 1.165) is 0 Å². The first-order chi connectivity index (χ1) is 21.5. The molecule has 0 atom stereocenters. The largest absolute Gasteiger partial charge is 0.0533 e. The smallest absolute Gasteiger partial charge is 0.0533 e. The molecule has 258 valence electrons. The second-order valence-corrected chi connectivity index (χ2v) is 15.2. The van der Waals surface area contributed by atoms with Crippen LogP contribution in [-0.4, -0.2) is 0 Å². The van der Waals surface area contributed by atoms with Crippen molar-refractivity contribution in [3.8, 4) is 0 Å². The van der Waals surface area contributed by atoms with Crippen LogP contribution in [0, 0.1) is 0 Å². The first kappa shape index (κ1) is 41.0. The Labute approximate surface area is 275 Å². The van der Waals surface area contributed by atoms with Crippen LogP contribution in [0.3, 0.4) is 0 Å². The van der Waals surface area contributed by atoms with E-state index < -0.39 is 0 Å². The fourth-order valence-corrected chi connectivity index (χ4v) is 2.50. The summed E-state index contributed by atoms with van der Waals surface area (Å²) in [5.74, 6) is 0. The molecule has 0 aromatic carbocycles. The Morgan fingerprint density at radius 3 is 0.0698 bits per heavy atom. The van der Waals surface area contributed by atoms with Crippen molar-refractivity contribution in [3.63, 3.8) is 0 Å². The van der Waals surface area contributed by atoms with Gasteiger partial charge >= 0.3 is 0 Å². The van der Waals surface area contributed by atoms with E-state index >= 15 is 0 Å². The van der Waals surface area contributed by atoms with Gasteiger partial charge in [-0.05, 0) is 0 Å². The molecule has 11 saturated carbocycles. The molecular weight excluding hydrogens is 516 g/mol. The summed E-state index contributed by atoms with van der Waals surface area (Å²) in [4.78, 5) is 0. The van der Waals surface area contributed by atoms with Gasteiger partial charge in [0.2, 0.25) is 0 Å². The first-order valence-electron chi connectivity index (χ1n) is 21.5. The summed E-state index contributed by atoms with van der Waals surface area (Å²) >= 11 is 0. The average Bonchev–Trinajstić information content (AvgIpc) is 3.32. The van der Waals surface area contributed by atoms with Gasteiger partial charge in [0.15, 0.2) is 0 Å². The van der Waals surface area contributed by atoms with Crippen LogP contribution in [0.1, 0.15) is 276 Å². The van der Waals surface area contributed by atoms with E-state index in [2.05, 4.69) is 0 Å². The second kappa shape index (κ2) is 38.2. The highest BCUT2D eigenvalue weighted by Crippen LogP contribution is 2.18. The highest BCUT2D eigenvalue weighted by molar-refractivity contribution is 4.54. The van der Waals surface area contributed by atoms with Gasteiger partial charge in [0.25, 0.3) is 0 Å². The zero-order valence-electron chi connectivity index (χ0n) is 30.4. The summed E-state index contributed by atoms with van der Waals surface area (Å²) in [6.07, 6.45) is 64.5. The highest BCUT2D eigenvalue weighted by Gasteiger charge is 1.99. The van der Waals surface area contributed by atoms with Crippen LogP contribution in [0.2, 0.25) is 0 Å².